The highest BCUT2D eigenvalue weighted by atomic mass is 16.5. The monoisotopic (exact) mass is 1100 g/mol. The van der Waals surface area contributed by atoms with Gasteiger partial charge in [-0.2, -0.15) is 0 Å². The van der Waals surface area contributed by atoms with Crippen molar-refractivity contribution in [3.8, 4) is 11.5 Å². The van der Waals surface area contributed by atoms with Crippen molar-refractivity contribution < 1.29 is 92.9 Å². The molecule has 12 N–H and O–H groups in total. The first-order valence-electron chi connectivity index (χ1n) is 23.2. The minimum Gasteiger partial charge on any atom is -0.478 e. The molecule has 6 amide bonds. The summed E-state index contributed by atoms with van der Waals surface area (Å²) < 4.78 is 5.83. The molecule has 0 aliphatic heterocycles. The number of amides is 6. The Balaban J connectivity index is 1.05. The lowest BCUT2D eigenvalue weighted by Gasteiger charge is -2.15. The molecule has 0 atom stereocenters. The number of carbonyl (C=O) groups is 12. The first kappa shape index (κ1) is 56.7. The molecule has 0 aliphatic rings. The Hall–Kier alpha value is -12.0. The van der Waals surface area contributed by atoms with Crippen molar-refractivity contribution in [3.05, 3.63) is 206 Å². The highest BCUT2D eigenvalue weighted by Crippen LogP contribution is 2.29. The van der Waals surface area contributed by atoms with Crippen LogP contribution in [0.25, 0.3) is 0 Å². The lowest BCUT2D eigenvalue weighted by Crippen LogP contribution is -2.24. The van der Waals surface area contributed by atoms with Crippen LogP contribution in [0.2, 0.25) is 0 Å². The summed E-state index contributed by atoms with van der Waals surface area (Å²) in [5.41, 5.74) is -6.77. The Kier molecular flexibility index (Phi) is 16.7. The molecule has 7 rings (SSSR count). The van der Waals surface area contributed by atoms with E-state index in [1.165, 1.54) is 85.9 Å². The number of anilines is 5. The summed E-state index contributed by atoms with van der Waals surface area (Å²) in [5.74, 6) is -15.9. The largest absolute Gasteiger partial charge is 0.478 e. The first-order valence-corrected chi connectivity index (χ1v) is 23.2. The van der Waals surface area contributed by atoms with Crippen LogP contribution in [0.5, 0.6) is 11.5 Å². The minimum atomic E-state index is -1.75. The lowest BCUT2D eigenvalue weighted by atomic mass is 9.96. The molecule has 0 unspecified atom stereocenters. The second kappa shape index (κ2) is 23.9. The van der Waals surface area contributed by atoms with E-state index in [0.717, 1.165) is 29.8 Å². The van der Waals surface area contributed by atoms with Crippen LogP contribution in [0.3, 0.4) is 0 Å². The average molecular weight is 1100 g/mol. The first-order chi connectivity index (χ1) is 38.4. The molecule has 408 valence electrons. The molecule has 0 radical (unpaired) electrons. The van der Waals surface area contributed by atoms with Crippen LogP contribution in [0, 0.1) is 6.92 Å². The number of hydrogen-bond acceptors (Lipinski definition) is 13. The number of rotatable bonds is 19. The van der Waals surface area contributed by atoms with Crippen LogP contribution >= 0.6 is 0 Å². The topological polar surface area (TPSA) is 408 Å². The van der Waals surface area contributed by atoms with Gasteiger partial charge in [-0.25, -0.2) is 28.8 Å². The van der Waals surface area contributed by atoms with Crippen LogP contribution in [0.4, 0.5) is 28.4 Å². The number of carbonyl (C=O) groups excluding carboxylic acids is 6. The Morgan fingerprint density at radius 1 is 0.296 bits per heavy atom. The third-order valence-electron chi connectivity index (χ3n) is 11.7. The van der Waals surface area contributed by atoms with E-state index < -0.39 is 138 Å². The highest BCUT2D eigenvalue weighted by Gasteiger charge is 2.29. The van der Waals surface area contributed by atoms with Gasteiger partial charge in [0.05, 0.1) is 66.8 Å². The van der Waals surface area contributed by atoms with E-state index in [0.29, 0.717) is 18.2 Å². The third kappa shape index (κ3) is 13.2. The second-order valence-corrected chi connectivity index (χ2v) is 17.1. The minimum absolute atomic E-state index is 0.0701. The molecule has 0 heterocycles. The molecule has 0 aliphatic carbocycles. The van der Waals surface area contributed by atoms with Gasteiger partial charge < -0.3 is 67.3 Å². The standard InChI is InChI=1S/C56H40N6O19/c1-25-6-8-26(9-7-25)58-47(65)35-20-37(43(55(77)78)23-41(35)53(73)74)49(67)61-29-4-3-5-30(18-29)62-50(68)38-21-36(42(54(75)76)24-44(38)56(79)80)48(66)60-28-12-16-32(17-13-28)81-31-14-10-27(11-15-31)59-46(64)34-19-33(45(63)57-2)39(51(69)70)22-40(34)52(71)72/h3-24H,1-2H3,(H,57,63)(H,58,65)(H,59,64)(H,60,66)(H,61,67)(H,62,68)(H,69,70)(H,71,72)(H,73,74)(H,75,76)(H,77,78)(H,79,80). The zero-order chi connectivity index (χ0) is 59.0. The summed E-state index contributed by atoms with van der Waals surface area (Å²) in [6.07, 6.45) is 0. The van der Waals surface area contributed by atoms with Crippen LogP contribution in [0.15, 0.2) is 133 Å². The SMILES string of the molecule is CNC(=O)c1cc(C(=O)Nc2ccc(Oc3ccc(NC(=O)c4cc(C(=O)Nc5cccc(NC(=O)c6cc(C(=O)Nc7ccc(C)cc7)c(C(=O)O)cc6C(=O)O)c5)c(C(=O)O)cc4C(=O)O)cc3)cc2)c(C(=O)O)cc1C(=O)O. The Bertz CT molecular complexity index is 3840. The second-order valence-electron chi connectivity index (χ2n) is 17.1. The summed E-state index contributed by atoms with van der Waals surface area (Å²) in [7, 11) is 1.22. The number of carboxylic acid groups (broad SMARTS) is 6. The van der Waals surface area contributed by atoms with Crippen LogP contribution in [-0.2, 0) is 0 Å². The quantitative estimate of drug-likeness (QED) is 0.0371. The van der Waals surface area contributed by atoms with Crippen LogP contribution in [-0.4, -0.2) is 109 Å². The van der Waals surface area contributed by atoms with Crippen molar-refractivity contribution in [1.29, 1.82) is 0 Å². The molecule has 0 aromatic heterocycles. The summed E-state index contributed by atoms with van der Waals surface area (Å²) in [6, 6.07) is 27.0. The van der Waals surface area contributed by atoms with Gasteiger partial charge in [0.25, 0.3) is 35.4 Å². The smallest absolute Gasteiger partial charge is 0.336 e. The molecular formula is C56H40N6O19. The van der Waals surface area contributed by atoms with Gasteiger partial charge in [-0.1, -0.05) is 23.8 Å². The third-order valence-corrected chi connectivity index (χ3v) is 11.7. The van der Waals surface area contributed by atoms with Gasteiger partial charge in [-0.3, -0.25) is 28.8 Å². The molecule has 0 saturated carbocycles. The fourth-order valence-corrected chi connectivity index (χ4v) is 7.77. The van der Waals surface area contributed by atoms with E-state index in [2.05, 4.69) is 31.9 Å². The molecular weight excluding hydrogens is 1060 g/mol. The molecule has 81 heavy (non-hydrogen) atoms. The number of benzene rings is 7. The fraction of sp³-hybridized carbons (Fsp3) is 0.0357. The van der Waals surface area contributed by atoms with E-state index in [-0.39, 0.29) is 39.9 Å². The highest BCUT2D eigenvalue weighted by molar-refractivity contribution is 6.19. The van der Waals surface area contributed by atoms with Crippen molar-refractivity contribution in [2.45, 2.75) is 6.92 Å². The summed E-state index contributed by atoms with van der Waals surface area (Å²) in [5, 5.41) is 73.7. The number of aromatic carboxylic acids is 6. The number of ether oxygens (including phenoxy) is 1. The van der Waals surface area contributed by atoms with E-state index in [1.807, 2.05) is 0 Å². The van der Waals surface area contributed by atoms with Gasteiger partial charge in [0.15, 0.2) is 0 Å². The van der Waals surface area contributed by atoms with Gasteiger partial charge >= 0.3 is 35.8 Å². The zero-order valence-corrected chi connectivity index (χ0v) is 41.7. The number of carboxylic acids is 6. The molecule has 0 fully saturated rings. The maximum Gasteiger partial charge on any atom is 0.336 e. The van der Waals surface area contributed by atoms with Gasteiger partial charge in [0.1, 0.15) is 11.5 Å². The molecule has 25 heteroatoms. The van der Waals surface area contributed by atoms with Crippen molar-refractivity contribution in [3.63, 3.8) is 0 Å². The van der Waals surface area contributed by atoms with Crippen molar-refractivity contribution in [2.75, 3.05) is 33.6 Å². The summed E-state index contributed by atoms with van der Waals surface area (Å²) in [6.45, 7) is 1.79. The van der Waals surface area contributed by atoms with E-state index in [1.54, 1.807) is 19.1 Å². The molecule has 0 bridgehead atoms. The van der Waals surface area contributed by atoms with Gasteiger partial charge in [0, 0.05) is 35.5 Å². The molecule has 7 aromatic rings. The maximum atomic E-state index is 13.8. The number of nitrogens with one attached hydrogen (secondary N) is 6. The molecule has 0 spiro atoms. The zero-order valence-electron chi connectivity index (χ0n) is 41.7. The Morgan fingerprint density at radius 3 is 0.790 bits per heavy atom. The Morgan fingerprint density at radius 2 is 0.531 bits per heavy atom. The summed E-state index contributed by atoms with van der Waals surface area (Å²) in [4.78, 5) is 153. The van der Waals surface area contributed by atoms with Crippen LogP contribution in [0.1, 0.15) is 130 Å². The van der Waals surface area contributed by atoms with Gasteiger partial charge in [-0.05, 0) is 122 Å². The predicted octanol–water partition coefficient (Wildman–Crippen LogP) is 7.60. The predicted molar refractivity (Wildman–Crippen MR) is 285 cm³/mol. The van der Waals surface area contributed by atoms with Gasteiger partial charge in [-0.15, -0.1) is 0 Å². The van der Waals surface area contributed by atoms with Crippen molar-refractivity contribution in [2.24, 2.45) is 0 Å². The van der Waals surface area contributed by atoms with E-state index in [9.17, 15) is 88.2 Å². The van der Waals surface area contributed by atoms with E-state index in [4.69, 9.17) is 4.74 Å². The number of aryl methyl sites for hydroxylation is 1. The number of hydrogen-bond donors (Lipinski definition) is 12. The van der Waals surface area contributed by atoms with Gasteiger partial charge in [0.2, 0.25) is 0 Å². The maximum absolute atomic E-state index is 13.8. The average Bonchev–Trinajstić information content (AvgIpc) is 3.46. The van der Waals surface area contributed by atoms with Crippen molar-refractivity contribution >= 4 is 99.7 Å². The molecule has 25 nitrogen and oxygen atoms in total. The van der Waals surface area contributed by atoms with E-state index >= 15 is 0 Å². The lowest BCUT2D eigenvalue weighted by molar-refractivity contribution is 0.0672. The normalized spacial score (nSPS) is 10.5. The molecule has 7 aromatic carbocycles. The Labute approximate surface area is 454 Å². The molecule has 0 saturated heterocycles. The summed E-state index contributed by atoms with van der Waals surface area (Å²) >= 11 is 0. The fourth-order valence-electron chi connectivity index (χ4n) is 7.77. The van der Waals surface area contributed by atoms with Crippen LogP contribution < -0.4 is 36.6 Å². The van der Waals surface area contributed by atoms with Crippen molar-refractivity contribution in [1.82, 2.24) is 5.32 Å².